The van der Waals surface area contributed by atoms with Gasteiger partial charge in [0, 0.05) is 19.3 Å². The van der Waals surface area contributed by atoms with Crippen LogP contribution in [-0.4, -0.2) is 18.1 Å². The SMILES string of the molecule is Clc1ncccc1N1CCC1. The maximum atomic E-state index is 5.88. The number of nitrogens with zero attached hydrogens (tertiary/aromatic N) is 2. The predicted octanol–water partition coefficient (Wildman–Crippen LogP) is 1.95. The molecule has 0 atom stereocenters. The molecule has 0 saturated carbocycles. The van der Waals surface area contributed by atoms with E-state index >= 15 is 0 Å². The molecule has 58 valence electrons. The van der Waals surface area contributed by atoms with E-state index in [2.05, 4.69) is 9.88 Å². The van der Waals surface area contributed by atoms with Gasteiger partial charge in [-0.25, -0.2) is 4.98 Å². The third-order valence-electron chi connectivity index (χ3n) is 1.94. The molecule has 2 rings (SSSR count). The van der Waals surface area contributed by atoms with E-state index in [1.807, 2.05) is 12.1 Å². The molecule has 0 N–H and O–H groups in total. The summed E-state index contributed by atoms with van der Waals surface area (Å²) in [7, 11) is 0. The minimum Gasteiger partial charge on any atom is -0.369 e. The molecule has 0 bridgehead atoms. The molecule has 0 aliphatic carbocycles. The van der Waals surface area contributed by atoms with Gasteiger partial charge >= 0.3 is 0 Å². The van der Waals surface area contributed by atoms with Crippen molar-refractivity contribution in [3.8, 4) is 0 Å². The Morgan fingerprint density at radius 2 is 2.27 bits per heavy atom. The maximum absolute atomic E-state index is 5.88. The fourth-order valence-electron chi connectivity index (χ4n) is 1.17. The second-order valence-corrected chi connectivity index (χ2v) is 3.01. The summed E-state index contributed by atoms with van der Waals surface area (Å²) < 4.78 is 0. The Kier molecular flexibility index (Phi) is 1.70. The molecule has 1 aliphatic rings. The van der Waals surface area contributed by atoms with Gasteiger partial charge < -0.3 is 4.90 Å². The third kappa shape index (κ3) is 1.18. The minimum atomic E-state index is 0.618. The Bertz CT molecular complexity index is 258. The van der Waals surface area contributed by atoms with E-state index in [9.17, 15) is 0 Å². The molecule has 2 nitrogen and oxygen atoms in total. The van der Waals surface area contributed by atoms with E-state index in [1.54, 1.807) is 6.20 Å². The number of hydrogen-bond donors (Lipinski definition) is 0. The van der Waals surface area contributed by atoms with Gasteiger partial charge in [-0.15, -0.1) is 0 Å². The summed E-state index contributed by atoms with van der Waals surface area (Å²) in [6.07, 6.45) is 2.98. The highest BCUT2D eigenvalue weighted by atomic mass is 35.5. The lowest BCUT2D eigenvalue weighted by Gasteiger charge is -2.33. The van der Waals surface area contributed by atoms with Gasteiger partial charge in [-0.2, -0.15) is 0 Å². The molecular weight excluding hydrogens is 160 g/mol. The lowest BCUT2D eigenvalue weighted by atomic mass is 10.2. The fourth-order valence-corrected chi connectivity index (χ4v) is 1.41. The van der Waals surface area contributed by atoms with Crippen molar-refractivity contribution in [2.45, 2.75) is 6.42 Å². The Labute approximate surface area is 70.8 Å². The van der Waals surface area contributed by atoms with Crippen LogP contribution in [0.1, 0.15) is 6.42 Å². The number of anilines is 1. The average Bonchev–Trinajstić information content (AvgIpc) is 1.90. The van der Waals surface area contributed by atoms with Crippen LogP contribution in [0.15, 0.2) is 18.3 Å². The summed E-state index contributed by atoms with van der Waals surface area (Å²) in [5, 5.41) is 0.618. The van der Waals surface area contributed by atoms with Gasteiger partial charge in [-0.05, 0) is 18.6 Å². The third-order valence-corrected chi connectivity index (χ3v) is 2.23. The second-order valence-electron chi connectivity index (χ2n) is 2.65. The zero-order chi connectivity index (χ0) is 7.68. The maximum Gasteiger partial charge on any atom is 0.152 e. The quantitative estimate of drug-likeness (QED) is 0.596. The highest BCUT2D eigenvalue weighted by Gasteiger charge is 2.16. The molecule has 1 aromatic heterocycles. The van der Waals surface area contributed by atoms with Crippen molar-refractivity contribution in [3.63, 3.8) is 0 Å². The summed E-state index contributed by atoms with van der Waals surface area (Å²) in [5.41, 5.74) is 1.07. The van der Waals surface area contributed by atoms with Crippen molar-refractivity contribution in [1.29, 1.82) is 0 Å². The van der Waals surface area contributed by atoms with E-state index in [-0.39, 0.29) is 0 Å². The van der Waals surface area contributed by atoms with Crippen LogP contribution in [-0.2, 0) is 0 Å². The molecule has 2 heterocycles. The van der Waals surface area contributed by atoms with Crippen LogP contribution in [0.5, 0.6) is 0 Å². The Morgan fingerprint density at radius 1 is 1.45 bits per heavy atom. The molecule has 0 radical (unpaired) electrons. The smallest absolute Gasteiger partial charge is 0.152 e. The van der Waals surface area contributed by atoms with Crippen LogP contribution in [0, 0.1) is 0 Å². The first kappa shape index (κ1) is 6.92. The van der Waals surface area contributed by atoms with Crippen LogP contribution in [0.25, 0.3) is 0 Å². The average molecular weight is 169 g/mol. The van der Waals surface area contributed by atoms with Crippen molar-refractivity contribution in [1.82, 2.24) is 4.98 Å². The number of aromatic nitrogens is 1. The molecule has 0 aromatic carbocycles. The summed E-state index contributed by atoms with van der Waals surface area (Å²) >= 11 is 5.88. The van der Waals surface area contributed by atoms with Gasteiger partial charge in [0.15, 0.2) is 5.15 Å². The number of rotatable bonds is 1. The topological polar surface area (TPSA) is 16.1 Å². The van der Waals surface area contributed by atoms with Gasteiger partial charge in [0.05, 0.1) is 5.69 Å². The van der Waals surface area contributed by atoms with Crippen LogP contribution in [0.4, 0.5) is 5.69 Å². The van der Waals surface area contributed by atoms with Gasteiger partial charge in [-0.1, -0.05) is 11.6 Å². The number of hydrogen-bond acceptors (Lipinski definition) is 2. The first-order valence-electron chi connectivity index (χ1n) is 3.73. The number of halogens is 1. The van der Waals surface area contributed by atoms with Crippen LogP contribution in [0.3, 0.4) is 0 Å². The molecule has 0 spiro atoms. The highest BCUT2D eigenvalue weighted by Crippen LogP contribution is 2.26. The summed E-state index contributed by atoms with van der Waals surface area (Å²) in [6.45, 7) is 2.23. The van der Waals surface area contributed by atoms with Gasteiger partial charge in [-0.3, -0.25) is 0 Å². The predicted molar refractivity (Wildman–Crippen MR) is 46.1 cm³/mol. The second kappa shape index (κ2) is 2.70. The first-order valence-corrected chi connectivity index (χ1v) is 4.11. The van der Waals surface area contributed by atoms with E-state index < -0.39 is 0 Å². The monoisotopic (exact) mass is 168 g/mol. The van der Waals surface area contributed by atoms with Gasteiger partial charge in [0.1, 0.15) is 0 Å². The van der Waals surface area contributed by atoms with Gasteiger partial charge in [0.25, 0.3) is 0 Å². The van der Waals surface area contributed by atoms with Crippen molar-refractivity contribution in [2.24, 2.45) is 0 Å². The van der Waals surface area contributed by atoms with Crippen LogP contribution < -0.4 is 4.90 Å². The largest absolute Gasteiger partial charge is 0.369 e. The summed E-state index contributed by atoms with van der Waals surface area (Å²) in [4.78, 5) is 6.24. The normalized spacial score (nSPS) is 16.3. The van der Waals surface area contributed by atoms with Crippen molar-refractivity contribution in [3.05, 3.63) is 23.5 Å². The van der Waals surface area contributed by atoms with Gasteiger partial charge in [0.2, 0.25) is 0 Å². The Balaban J connectivity index is 2.28. The van der Waals surface area contributed by atoms with Crippen molar-refractivity contribution < 1.29 is 0 Å². The van der Waals surface area contributed by atoms with Crippen LogP contribution >= 0.6 is 11.6 Å². The molecule has 1 aromatic rings. The molecule has 1 saturated heterocycles. The molecular formula is C8H9ClN2. The van der Waals surface area contributed by atoms with E-state index in [1.165, 1.54) is 6.42 Å². The highest BCUT2D eigenvalue weighted by molar-refractivity contribution is 6.32. The van der Waals surface area contributed by atoms with E-state index in [4.69, 9.17) is 11.6 Å². The lowest BCUT2D eigenvalue weighted by molar-refractivity contribution is 0.617. The first-order chi connectivity index (χ1) is 5.38. The number of pyridine rings is 1. The molecule has 0 unspecified atom stereocenters. The van der Waals surface area contributed by atoms with Crippen molar-refractivity contribution in [2.75, 3.05) is 18.0 Å². The molecule has 0 amide bonds. The molecule has 1 aliphatic heterocycles. The molecule has 3 heteroatoms. The Hall–Kier alpha value is -0.760. The fraction of sp³-hybridized carbons (Fsp3) is 0.375. The zero-order valence-corrected chi connectivity index (χ0v) is 6.88. The minimum absolute atomic E-state index is 0.618. The van der Waals surface area contributed by atoms with Crippen molar-refractivity contribution >= 4 is 17.3 Å². The molecule has 1 fully saturated rings. The molecule has 11 heavy (non-hydrogen) atoms. The standard InChI is InChI=1S/C8H9ClN2/c9-8-7(3-1-4-10-8)11-5-2-6-11/h1,3-4H,2,5-6H2. The zero-order valence-electron chi connectivity index (χ0n) is 6.13. The Morgan fingerprint density at radius 3 is 2.82 bits per heavy atom. The summed E-state index contributed by atoms with van der Waals surface area (Å²) in [6, 6.07) is 3.92. The van der Waals surface area contributed by atoms with E-state index in [0.29, 0.717) is 5.15 Å². The van der Waals surface area contributed by atoms with E-state index in [0.717, 1.165) is 18.8 Å². The summed E-state index contributed by atoms with van der Waals surface area (Å²) in [5.74, 6) is 0. The van der Waals surface area contributed by atoms with Crippen LogP contribution in [0.2, 0.25) is 5.15 Å². The lowest BCUT2D eigenvalue weighted by Crippen LogP contribution is -2.37.